The second-order valence-corrected chi connectivity index (χ2v) is 5.64. The van der Waals surface area contributed by atoms with Crippen LogP contribution in [0.2, 0.25) is 0 Å². The summed E-state index contributed by atoms with van der Waals surface area (Å²) in [5.74, 6) is 0. The van der Waals surface area contributed by atoms with E-state index in [-0.39, 0.29) is 16.8 Å². The molecule has 0 aromatic carbocycles. The van der Waals surface area contributed by atoms with Gasteiger partial charge in [-0.25, -0.2) is 4.79 Å². The summed E-state index contributed by atoms with van der Waals surface area (Å²) in [6, 6.07) is 1.24. The van der Waals surface area contributed by atoms with E-state index in [0.29, 0.717) is 0 Å². The van der Waals surface area contributed by atoms with E-state index in [9.17, 15) is 9.59 Å². The minimum atomic E-state index is -0.577. The maximum Gasteiger partial charge on any atom is 0.326 e. The molecular formula is C15H24N2O3S. The van der Waals surface area contributed by atoms with Crippen LogP contribution in [0.25, 0.3) is 0 Å². The summed E-state index contributed by atoms with van der Waals surface area (Å²) in [6.07, 6.45) is 8.28. The van der Waals surface area contributed by atoms with Gasteiger partial charge in [0.05, 0.1) is 6.10 Å². The van der Waals surface area contributed by atoms with E-state index in [2.05, 4.69) is 16.9 Å². The summed E-state index contributed by atoms with van der Waals surface area (Å²) in [6.45, 7) is 4.15. The minimum absolute atomic E-state index is 0.0218. The Hall–Kier alpha value is -1.43. The number of hydrogen-bond acceptors (Lipinski definition) is 4. The van der Waals surface area contributed by atoms with Gasteiger partial charge in [-0.05, 0) is 32.0 Å². The highest BCUT2D eigenvalue weighted by molar-refractivity contribution is 7.80. The highest BCUT2D eigenvalue weighted by Crippen LogP contribution is 2.11. The van der Waals surface area contributed by atoms with Gasteiger partial charge in [0.15, 0.2) is 0 Å². The molecule has 0 unspecified atom stereocenters. The number of thiocarbonyl (C=S) groups is 1. The van der Waals surface area contributed by atoms with Gasteiger partial charge >= 0.3 is 5.69 Å². The molecule has 0 fully saturated rings. The fraction of sp³-hybridized carbons (Fsp3) is 0.667. The highest BCUT2D eigenvalue weighted by Gasteiger charge is 2.10. The van der Waals surface area contributed by atoms with Crippen molar-refractivity contribution < 1.29 is 4.74 Å². The first-order valence-electron chi connectivity index (χ1n) is 7.57. The molecule has 0 bridgehead atoms. The third-order valence-electron chi connectivity index (χ3n) is 3.25. The van der Waals surface area contributed by atoms with Crippen molar-refractivity contribution in [3.05, 3.63) is 32.6 Å². The number of ether oxygens (including phenoxy) is 1. The molecular weight excluding hydrogens is 288 g/mol. The predicted octanol–water partition coefficient (Wildman–Crippen LogP) is 2.89. The summed E-state index contributed by atoms with van der Waals surface area (Å²) in [7, 11) is 0. The predicted molar refractivity (Wildman–Crippen MR) is 87.9 cm³/mol. The van der Waals surface area contributed by atoms with Gasteiger partial charge in [0.1, 0.15) is 5.69 Å². The van der Waals surface area contributed by atoms with Crippen molar-refractivity contribution in [3.63, 3.8) is 0 Å². The molecule has 6 heteroatoms. The van der Waals surface area contributed by atoms with Crippen LogP contribution in [-0.4, -0.2) is 21.1 Å². The van der Waals surface area contributed by atoms with Gasteiger partial charge in [0.25, 0.3) is 5.56 Å². The maximum atomic E-state index is 11.2. The average Bonchev–Trinajstić information content (AvgIpc) is 2.41. The Labute approximate surface area is 130 Å². The molecule has 21 heavy (non-hydrogen) atoms. The average molecular weight is 312 g/mol. The zero-order chi connectivity index (χ0) is 15.7. The molecule has 1 aromatic heterocycles. The SMILES string of the molecule is CCCCCCCC[C@H](C)OC(=S)c1cc(=O)[nH]c(=O)[nH]1. The Bertz CT molecular complexity index is 522. The van der Waals surface area contributed by atoms with Crippen molar-refractivity contribution in [2.45, 2.75) is 64.9 Å². The summed E-state index contributed by atoms with van der Waals surface area (Å²) in [5, 5.41) is 0.164. The van der Waals surface area contributed by atoms with Crippen molar-refractivity contribution in [1.82, 2.24) is 9.97 Å². The molecule has 1 atom stereocenters. The van der Waals surface area contributed by atoms with Gasteiger partial charge in [-0.3, -0.25) is 9.78 Å². The van der Waals surface area contributed by atoms with E-state index in [1.807, 2.05) is 6.92 Å². The summed E-state index contributed by atoms with van der Waals surface area (Å²) < 4.78 is 5.58. The Morgan fingerprint density at radius 3 is 2.52 bits per heavy atom. The molecule has 0 saturated heterocycles. The molecule has 0 radical (unpaired) electrons. The molecule has 1 heterocycles. The van der Waals surface area contributed by atoms with Crippen molar-refractivity contribution in [2.75, 3.05) is 0 Å². The van der Waals surface area contributed by atoms with Crippen molar-refractivity contribution in [3.8, 4) is 0 Å². The van der Waals surface area contributed by atoms with Crippen LogP contribution in [0.3, 0.4) is 0 Å². The number of aromatic nitrogens is 2. The summed E-state index contributed by atoms with van der Waals surface area (Å²) >= 11 is 5.11. The normalized spacial score (nSPS) is 12.1. The lowest BCUT2D eigenvalue weighted by molar-refractivity contribution is 0.199. The lowest BCUT2D eigenvalue weighted by Gasteiger charge is -2.14. The molecule has 0 aliphatic heterocycles. The van der Waals surface area contributed by atoms with Crippen LogP contribution in [0.5, 0.6) is 0 Å². The van der Waals surface area contributed by atoms with Crippen molar-refractivity contribution in [1.29, 1.82) is 0 Å². The lowest BCUT2D eigenvalue weighted by Crippen LogP contribution is -2.26. The Morgan fingerprint density at radius 2 is 1.86 bits per heavy atom. The minimum Gasteiger partial charge on any atom is -0.479 e. The molecule has 118 valence electrons. The van der Waals surface area contributed by atoms with Crippen LogP contribution in [0.1, 0.15) is 64.5 Å². The Kier molecular flexibility index (Phi) is 7.97. The monoisotopic (exact) mass is 312 g/mol. The molecule has 0 spiro atoms. The second kappa shape index (κ2) is 9.50. The van der Waals surface area contributed by atoms with Crippen LogP contribution in [0.4, 0.5) is 0 Å². The Balaban J connectivity index is 2.33. The molecule has 0 amide bonds. The smallest absolute Gasteiger partial charge is 0.326 e. The van der Waals surface area contributed by atoms with E-state index in [1.54, 1.807) is 0 Å². The van der Waals surface area contributed by atoms with E-state index in [0.717, 1.165) is 12.8 Å². The number of rotatable bonds is 9. The first-order chi connectivity index (χ1) is 10.0. The van der Waals surface area contributed by atoms with Crippen LogP contribution in [0.15, 0.2) is 15.7 Å². The van der Waals surface area contributed by atoms with Crippen LogP contribution < -0.4 is 11.2 Å². The molecule has 0 aliphatic carbocycles. The fourth-order valence-corrected chi connectivity index (χ4v) is 2.37. The molecule has 5 nitrogen and oxygen atoms in total. The first kappa shape index (κ1) is 17.6. The largest absolute Gasteiger partial charge is 0.479 e. The third-order valence-corrected chi connectivity index (χ3v) is 3.57. The summed E-state index contributed by atoms with van der Waals surface area (Å²) in [5.41, 5.74) is -0.802. The van der Waals surface area contributed by atoms with Crippen molar-refractivity contribution in [2.24, 2.45) is 0 Å². The lowest BCUT2D eigenvalue weighted by atomic mass is 10.1. The molecule has 2 N–H and O–H groups in total. The number of unbranched alkanes of at least 4 members (excludes halogenated alkanes) is 5. The Morgan fingerprint density at radius 1 is 1.19 bits per heavy atom. The quantitative estimate of drug-likeness (QED) is 0.543. The van der Waals surface area contributed by atoms with Gasteiger partial charge < -0.3 is 9.72 Å². The molecule has 1 aromatic rings. The van der Waals surface area contributed by atoms with Crippen LogP contribution in [0, 0.1) is 0 Å². The third kappa shape index (κ3) is 7.22. The van der Waals surface area contributed by atoms with E-state index >= 15 is 0 Å². The fourth-order valence-electron chi connectivity index (χ4n) is 2.10. The van der Waals surface area contributed by atoms with E-state index in [1.165, 1.54) is 38.2 Å². The van der Waals surface area contributed by atoms with Gasteiger partial charge in [-0.15, -0.1) is 0 Å². The summed E-state index contributed by atoms with van der Waals surface area (Å²) in [4.78, 5) is 26.9. The molecule has 0 aliphatic rings. The second-order valence-electron chi connectivity index (χ2n) is 5.27. The molecule has 0 saturated carbocycles. The number of hydrogen-bond donors (Lipinski definition) is 2. The van der Waals surface area contributed by atoms with E-state index in [4.69, 9.17) is 17.0 Å². The van der Waals surface area contributed by atoms with Crippen LogP contribution in [-0.2, 0) is 4.74 Å². The zero-order valence-corrected chi connectivity index (χ0v) is 13.6. The van der Waals surface area contributed by atoms with Gasteiger partial charge in [-0.1, -0.05) is 39.0 Å². The van der Waals surface area contributed by atoms with Gasteiger partial charge in [0, 0.05) is 6.07 Å². The zero-order valence-electron chi connectivity index (χ0n) is 12.7. The number of H-pyrrole nitrogens is 2. The molecule has 1 rings (SSSR count). The first-order valence-corrected chi connectivity index (χ1v) is 7.98. The van der Waals surface area contributed by atoms with Crippen LogP contribution >= 0.6 is 12.2 Å². The number of aromatic amines is 2. The van der Waals surface area contributed by atoms with Gasteiger partial charge in [-0.2, -0.15) is 0 Å². The number of nitrogens with one attached hydrogen (secondary N) is 2. The van der Waals surface area contributed by atoms with Gasteiger partial charge in [0.2, 0.25) is 5.05 Å². The van der Waals surface area contributed by atoms with Crippen molar-refractivity contribution >= 4 is 17.3 Å². The maximum absolute atomic E-state index is 11.2. The highest BCUT2D eigenvalue weighted by atomic mass is 32.1. The standard InChI is InChI=1S/C15H24N2O3S/c1-3-4-5-6-7-8-9-11(2)20-14(21)12-10-13(18)17-15(19)16-12/h10-11H,3-9H2,1-2H3,(H2,16,17,18,19)/t11-/m0/s1. The van der Waals surface area contributed by atoms with E-state index < -0.39 is 11.2 Å². The topological polar surface area (TPSA) is 75.0 Å².